The van der Waals surface area contributed by atoms with E-state index in [0.717, 1.165) is 13.3 Å². The average molecular weight is 246 g/mol. The summed E-state index contributed by atoms with van der Waals surface area (Å²) in [6, 6.07) is -0.383. The Morgan fingerprint density at radius 1 is 1.47 bits per heavy atom. The first-order chi connectivity index (χ1) is 7.70. The van der Waals surface area contributed by atoms with Crippen molar-refractivity contribution in [1.82, 2.24) is 10.2 Å². The molecule has 0 aliphatic rings. The number of amides is 2. The van der Waals surface area contributed by atoms with Gasteiger partial charge in [0.1, 0.15) is 0 Å². The molecule has 2 unspecified atom stereocenters. The summed E-state index contributed by atoms with van der Waals surface area (Å²) in [7, 11) is 1.64. The maximum atomic E-state index is 11.6. The molecule has 0 aromatic heterocycles. The summed E-state index contributed by atoms with van der Waals surface area (Å²) >= 11 is 0. The number of urea groups is 1. The number of aliphatic carboxylic acids is 1. The predicted molar refractivity (Wildman–Crippen MR) is 63.7 cm³/mol. The highest BCUT2D eigenvalue weighted by atomic mass is 16.4. The van der Waals surface area contributed by atoms with Gasteiger partial charge in [-0.3, -0.25) is 0 Å². The summed E-state index contributed by atoms with van der Waals surface area (Å²) in [5, 5.41) is 20.5. The van der Waals surface area contributed by atoms with Crippen LogP contribution in [0.15, 0.2) is 0 Å². The molecule has 17 heavy (non-hydrogen) atoms. The number of nitrogens with one attached hydrogen (secondary N) is 1. The molecule has 0 fully saturated rings. The Balaban J connectivity index is 4.14. The SMILES string of the molecule is CCC(C)CN(C)C(=O)NCC(C)(O)C(=O)O. The van der Waals surface area contributed by atoms with E-state index in [1.807, 2.05) is 13.8 Å². The van der Waals surface area contributed by atoms with Crippen LogP contribution in [0.5, 0.6) is 0 Å². The van der Waals surface area contributed by atoms with Crippen LogP contribution < -0.4 is 5.32 Å². The molecule has 2 atom stereocenters. The second-order valence-electron chi connectivity index (χ2n) is 4.63. The highest BCUT2D eigenvalue weighted by molar-refractivity contribution is 5.79. The smallest absolute Gasteiger partial charge is 0.337 e. The molecular formula is C11H22N2O4. The molecule has 0 aromatic carbocycles. The van der Waals surface area contributed by atoms with Gasteiger partial charge in [-0.05, 0) is 12.8 Å². The van der Waals surface area contributed by atoms with E-state index in [1.54, 1.807) is 7.05 Å². The summed E-state index contributed by atoms with van der Waals surface area (Å²) in [4.78, 5) is 23.7. The van der Waals surface area contributed by atoms with E-state index >= 15 is 0 Å². The monoisotopic (exact) mass is 246 g/mol. The summed E-state index contributed by atoms with van der Waals surface area (Å²) in [6.07, 6.45) is 0.963. The van der Waals surface area contributed by atoms with Gasteiger partial charge in [0.25, 0.3) is 0 Å². The van der Waals surface area contributed by atoms with Gasteiger partial charge in [0, 0.05) is 13.6 Å². The van der Waals surface area contributed by atoms with E-state index in [1.165, 1.54) is 4.90 Å². The molecule has 0 bridgehead atoms. The topological polar surface area (TPSA) is 89.9 Å². The summed E-state index contributed by atoms with van der Waals surface area (Å²) < 4.78 is 0. The fraction of sp³-hybridized carbons (Fsp3) is 0.818. The third-order valence-electron chi connectivity index (χ3n) is 2.67. The van der Waals surface area contributed by atoms with Gasteiger partial charge in [0.05, 0.1) is 6.54 Å². The summed E-state index contributed by atoms with van der Waals surface area (Å²) in [6.45, 7) is 5.48. The number of hydrogen-bond donors (Lipinski definition) is 3. The van der Waals surface area contributed by atoms with Crippen molar-refractivity contribution < 1.29 is 19.8 Å². The molecule has 0 saturated carbocycles. The highest BCUT2D eigenvalue weighted by Gasteiger charge is 2.30. The third-order valence-corrected chi connectivity index (χ3v) is 2.67. The number of carbonyl (C=O) groups excluding carboxylic acids is 1. The van der Waals surface area contributed by atoms with Gasteiger partial charge in [-0.25, -0.2) is 9.59 Å². The molecule has 0 aromatic rings. The van der Waals surface area contributed by atoms with Crippen LogP contribution in [0.3, 0.4) is 0 Å². The Labute approximate surface area is 102 Å². The molecule has 0 aliphatic carbocycles. The molecule has 0 rings (SSSR count). The lowest BCUT2D eigenvalue weighted by atomic mass is 10.1. The minimum absolute atomic E-state index is 0.313. The van der Waals surface area contributed by atoms with Gasteiger partial charge in [0.15, 0.2) is 5.60 Å². The molecule has 6 heteroatoms. The van der Waals surface area contributed by atoms with E-state index in [2.05, 4.69) is 5.32 Å². The lowest BCUT2D eigenvalue weighted by molar-refractivity contribution is -0.155. The standard InChI is InChI=1S/C11H22N2O4/c1-5-8(2)6-13(4)10(16)12-7-11(3,17)9(14)15/h8,17H,5-7H2,1-4H3,(H,12,16)(H,14,15). The zero-order chi connectivity index (χ0) is 13.6. The van der Waals surface area contributed by atoms with Crippen molar-refractivity contribution in [2.45, 2.75) is 32.8 Å². The van der Waals surface area contributed by atoms with Crippen LogP contribution in [-0.4, -0.2) is 52.9 Å². The van der Waals surface area contributed by atoms with Crippen molar-refractivity contribution in [1.29, 1.82) is 0 Å². The van der Waals surface area contributed by atoms with Crippen molar-refractivity contribution in [2.24, 2.45) is 5.92 Å². The van der Waals surface area contributed by atoms with Crippen molar-refractivity contribution in [3.05, 3.63) is 0 Å². The number of aliphatic hydroxyl groups is 1. The molecule has 2 amide bonds. The van der Waals surface area contributed by atoms with Crippen molar-refractivity contribution in [2.75, 3.05) is 20.1 Å². The van der Waals surface area contributed by atoms with Crippen LogP contribution in [0.25, 0.3) is 0 Å². The maximum Gasteiger partial charge on any atom is 0.337 e. The fourth-order valence-corrected chi connectivity index (χ4v) is 1.14. The molecule has 0 spiro atoms. The Kier molecular flexibility index (Phi) is 5.95. The van der Waals surface area contributed by atoms with Crippen LogP contribution in [-0.2, 0) is 4.79 Å². The van der Waals surface area contributed by atoms with Crippen LogP contribution in [0, 0.1) is 5.92 Å². The molecule has 0 radical (unpaired) electrons. The molecule has 6 nitrogen and oxygen atoms in total. The van der Waals surface area contributed by atoms with Crippen LogP contribution in [0.1, 0.15) is 27.2 Å². The Hall–Kier alpha value is -1.30. The maximum absolute atomic E-state index is 11.6. The Morgan fingerprint density at radius 3 is 2.41 bits per heavy atom. The van der Waals surface area contributed by atoms with E-state index in [-0.39, 0.29) is 12.6 Å². The van der Waals surface area contributed by atoms with Crippen LogP contribution in [0.4, 0.5) is 4.79 Å². The minimum atomic E-state index is -1.94. The lowest BCUT2D eigenvalue weighted by Crippen LogP contribution is -2.49. The van der Waals surface area contributed by atoms with Crippen LogP contribution >= 0.6 is 0 Å². The van der Waals surface area contributed by atoms with Gasteiger partial charge in [-0.2, -0.15) is 0 Å². The zero-order valence-corrected chi connectivity index (χ0v) is 10.9. The first-order valence-electron chi connectivity index (χ1n) is 5.65. The van der Waals surface area contributed by atoms with E-state index in [0.29, 0.717) is 12.5 Å². The van der Waals surface area contributed by atoms with E-state index in [4.69, 9.17) is 5.11 Å². The second-order valence-corrected chi connectivity index (χ2v) is 4.63. The number of rotatable bonds is 6. The molecule has 0 saturated heterocycles. The third kappa shape index (κ3) is 5.53. The quantitative estimate of drug-likeness (QED) is 0.637. The van der Waals surface area contributed by atoms with E-state index < -0.39 is 11.6 Å². The van der Waals surface area contributed by atoms with Gasteiger partial charge in [-0.1, -0.05) is 20.3 Å². The minimum Gasteiger partial charge on any atom is -0.479 e. The predicted octanol–water partition coefficient (Wildman–Crippen LogP) is 0.509. The average Bonchev–Trinajstić information content (AvgIpc) is 2.25. The van der Waals surface area contributed by atoms with Gasteiger partial charge in [0.2, 0.25) is 0 Å². The zero-order valence-electron chi connectivity index (χ0n) is 10.9. The van der Waals surface area contributed by atoms with E-state index in [9.17, 15) is 14.7 Å². The molecule has 100 valence electrons. The van der Waals surface area contributed by atoms with Gasteiger partial charge >= 0.3 is 12.0 Å². The summed E-state index contributed by atoms with van der Waals surface area (Å²) in [5.74, 6) is -0.979. The van der Waals surface area contributed by atoms with Crippen molar-refractivity contribution in [3.8, 4) is 0 Å². The highest BCUT2D eigenvalue weighted by Crippen LogP contribution is 2.04. The normalized spacial score (nSPS) is 15.8. The largest absolute Gasteiger partial charge is 0.479 e. The molecule has 0 aliphatic heterocycles. The number of hydrogen-bond acceptors (Lipinski definition) is 3. The van der Waals surface area contributed by atoms with Crippen LogP contribution in [0.2, 0.25) is 0 Å². The van der Waals surface area contributed by atoms with Crippen molar-refractivity contribution in [3.63, 3.8) is 0 Å². The van der Waals surface area contributed by atoms with Gasteiger partial charge < -0.3 is 20.4 Å². The Bertz CT molecular complexity index is 279. The van der Waals surface area contributed by atoms with Crippen molar-refractivity contribution >= 4 is 12.0 Å². The fourth-order valence-electron chi connectivity index (χ4n) is 1.14. The number of carbonyl (C=O) groups is 2. The first kappa shape index (κ1) is 15.7. The van der Waals surface area contributed by atoms with Gasteiger partial charge in [-0.15, -0.1) is 0 Å². The number of nitrogens with zero attached hydrogens (tertiary/aromatic N) is 1. The molecular weight excluding hydrogens is 224 g/mol. The number of carboxylic acid groups (broad SMARTS) is 1. The Morgan fingerprint density at radius 2 is 2.00 bits per heavy atom. The number of carboxylic acids is 1. The second kappa shape index (κ2) is 6.44. The molecule has 3 N–H and O–H groups in total. The summed E-state index contributed by atoms with van der Waals surface area (Å²) in [5.41, 5.74) is -1.94. The lowest BCUT2D eigenvalue weighted by Gasteiger charge is -2.24. The molecule has 0 heterocycles. The first-order valence-corrected chi connectivity index (χ1v) is 5.65.